The van der Waals surface area contributed by atoms with Gasteiger partial charge in [0.25, 0.3) is 0 Å². The number of amides is 1. The Bertz CT molecular complexity index is 703. The number of rotatable bonds is 4. The quantitative estimate of drug-likeness (QED) is 0.907. The Hall–Kier alpha value is -1.54. The lowest BCUT2D eigenvalue weighted by Crippen LogP contribution is -2.47. The first-order valence-electron chi connectivity index (χ1n) is 8.84. The van der Waals surface area contributed by atoms with Gasteiger partial charge in [-0.2, -0.15) is 0 Å². The number of carbonyl (C=O) groups excluding carboxylic acids is 1. The zero-order valence-electron chi connectivity index (χ0n) is 14.3. The number of piperidine rings is 1. The van der Waals surface area contributed by atoms with Gasteiger partial charge in [0, 0.05) is 5.92 Å². The number of thiazole rings is 1. The minimum atomic E-state index is -0.168. The number of benzene rings is 1. The average molecular weight is 361 g/mol. The molecule has 2 saturated heterocycles. The highest BCUT2D eigenvalue weighted by Gasteiger charge is 2.33. The molecule has 2 fully saturated rings. The number of aromatic nitrogens is 1. The lowest BCUT2D eigenvalue weighted by atomic mass is 9.95. The van der Waals surface area contributed by atoms with Crippen LogP contribution in [0.25, 0.3) is 10.2 Å². The van der Waals surface area contributed by atoms with Gasteiger partial charge in [-0.1, -0.05) is 23.5 Å². The average Bonchev–Trinajstić information content (AvgIpc) is 3.30. The van der Waals surface area contributed by atoms with Crippen molar-refractivity contribution in [3.8, 4) is 0 Å². The fourth-order valence-corrected chi connectivity index (χ4v) is 4.40. The summed E-state index contributed by atoms with van der Waals surface area (Å²) in [7, 11) is 0. The van der Waals surface area contributed by atoms with E-state index in [4.69, 9.17) is 9.47 Å². The third kappa shape index (κ3) is 3.69. The van der Waals surface area contributed by atoms with Crippen molar-refractivity contribution in [3.63, 3.8) is 0 Å². The summed E-state index contributed by atoms with van der Waals surface area (Å²) in [5, 5.41) is 3.64. The van der Waals surface area contributed by atoms with Crippen LogP contribution in [-0.2, 0) is 14.3 Å². The van der Waals surface area contributed by atoms with Crippen LogP contribution in [0.4, 0.5) is 5.13 Å². The van der Waals surface area contributed by atoms with Crippen molar-refractivity contribution in [1.82, 2.24) is 9.88 Å². The molecule has 2 aromatic rings. The van der Waals surface area contributed by atoms with Crippen LogP contribution in [-0.4, -0.2) is 54.4 Å². The number of fused-ring (bicyclic) bond motifs is 1. The van der Waals surface area contributed by atoms with Gasteiger partial charge in [0.1, 0.15) is 0 Å². The summed E-state index contributed by atoms with van der Waals surface area (Å²) in [6, 6.07) is 7.75. The molecule has 0 radical (unpaired) electrons. The molecule has 25 heavy (non-hydrogen) atoms. The molecule has 1 unspecified atom stereocenters. The van der Waals surface area contributed by atoms with Crippen LogP contribution in [0.15, 0.2) is 24.3 Å². The molecule has 134 valence electrons. The Labute approximate surface area is 151 Å². The predicted octanol–water partition coefficient (Wildman–Crippen LogP) is 2.71. The molecule has 2 aliphatic heterocycles. The van der Waals surface area contributed by atoms with Gasteiger partial charge in [-0.25, -0.2) is 4.98 Å². The summed E-state index contributed by atoms with van der Waals surface area (Å²) in [4.78, 5) is 19.3. The molecule has 3 heterocycles. The van der Waals surface area contributed by atoms with Gasteiger partial charge in [0.05, 0.1) is 29.5 Å². The SMILES string of the molecule is CC(C(=O)Nc1nc2ccccc2s1)N1CCC(C2OCCO2)CC1. The molecule has 4 rings (SSSR count). The van der Waals surface area contributed by atoms with Crippen molar-refractivity contribution < 1.29 is 14.3 Å². The van der Waals surface area contributed by atoms with Gasteiger partial charge in [-0.3, -0.25) is 9.69 Å². The van der Waals surface area contributed by atoms with Crippen LogP contribution in [0.1, 0.15) is 19.8 Å². The monoisotopic (exact) mass is 361 g/mol. The van der Waals surface area contributed by atoms with Gasteiger partial charge >= 0.3 is 0 Å². The minimum Gasteiger partial charge on any atom is -0.350 e. The smallest absolute Gasteiger partial charge is 0.243 e. The first kappa shape index (κ1) is 16.9. The summed E-state index contributed by atoms with van der Waals surface area (Å²) in [6.45, 7) is 5.15. The first-order valence-corrected chi connectivity index (χ1v) is 9.66. The van der Waals surface area contributed by atoms with E-state index >= 15 is 0 Å². The van der Waals surface area contributed by atoms with Gasteiger partial charge in [0.15, 0.2) is 11.4 Å². The molecule has 7 heteroatoms. The summed E-state index contributed by atoms with van der Waals surface area (Å²) in [5.74, 6) is 0.448. The minimum absolute atomic E-state index is 0.00544. The zero-order chi connectivity index (χ0) is 17.2. The Morgan fingerprint density at radius 3 is 2.72 bits per heavy atom. The van der Waals surface area contributed by atoms with Crippen molar-refractivity contribution in [2.24, 2.45) is 5.92 Å². The standard InChI is InChI=1S/C18H23N3O3S/c1-12(21-8-6-13(7-9-21)17-23-10-11-24-17)16(22)20-18-19-14-4-2-3-5-15(14)25-18/h2-5,12-13,17H,6-11H2,1H3,(H,19,20,22). The number of carbonyl (C=O) groups is 1. The number of hydrogen-bond acceptors (Lipinski definition) is 6. The maximum absolute atomic E-state index is 12.6. The second-order valence-electron chi connectivity index (χ2n) is 6.64. The van der Waals surface area contributed by atoms with Crippen molar-refractivity contribution in [2.75, 3.05) is 31.6 Å². The molecular formula is C18H23N3O3S. The number of nitrogens with one attached hydrogen (secondary N) is 1. The lowest BCUT2D eigenvalue weighted by Gasteiger charge is -2.36. The normalized spacial score (nSPS) is 21.6. The van der Waals surface area contributed by atoms with Crippen molar-refractivity contribution in [2.45, 2.75) is 32.1 Å². The van der Waals surface area contributed by atoms with Gasteiger partial charge < -0.3 is 14.8 Å². The third-order valence-corrected chi connectivity index (χ3v) is 6.01. The molecule has 1 aromatic heterocycles. The van der Waals surface area contributed by atoms with E-state index in [0.717, 1.165) is 36.1 Å². The van der Waals surface area contributed by atoms with Gasteiger partial charge in [-0.15, -0.1) is 0 Å². The number of nitrogens with zero attached hydrogens (tertiary/aromatic N) is 2. The first-order chi connectivity index (χ1) is 12.2. The highest BCUT2D eigenvalue weighted by Crippen LogP contribution is 2.28. The summed E-state index contributed by atoms with van der Waals surface area (Å²) < 4.78 is 12.3. The molecule has 6 nitrogen and oxygen atoms in total. The Balaban J connectivity index is 1.32. The fraction of sp³-hybridized carbons (Fsp3) is 0.556. The van der Waals surface area contributed by atoms with E-state index < -0.39 is 0 Å². The molecule has 0 saturated carbocycles. The zero-order valence-corrected chi connectivity index (χ0v) is 15.1. The van der Waals surface area contributed by atoms with E-state index in [1.165, 1.54) is 11.3 Å². The maximum atomic E-state index is 12.6. The van der Waals surface area contributed by atoms with Crippen LogP contribution >= 0.6 is 11.3 Å². The van der Waals surface area contributed by atoms with E-state index in [1.807, 2.05) is 31.2 Å². The van der Waals surface area contributed by atoms with Gasteiger partial charge in [0.2, 0.25) is 5.91 Å². The van der Waals surface area contributed by atoms with Crippen molar-refractivity contribution in [3.05, 3.63) is 24.3 Å². The molecule has 0 spiro atoms. The fourth-order valence-electron chi connectivity index (χ4n) is 3.53. The Morgan fingerprint density at radius 1 is 1.28 bits per heavy atom. The Kier molecular flexibility index (Phi) is 4.98. The molecule has 2 aliphatic rings. The summed E-state index contributed by atoms with van der Waals surface area (Å²) in [6.07, 6.45) is 1.96. The van der Waals surface area contributed by atoms with Crippen LogP contribution in [0.2, 0.25) is 0 Å². The molecule has 0 bridgehead atoms. The highest BCUT2D eigenvalue weighted by atomic mass is 32.1. The summed E-state index contributed by atoms with van der Waals surface area (Å²) >= 11 is 1.51. The number of hydrogen-bond donors (Lipinski definition) is 1. The maximum Gasteiger partial charge on any atom is 0.243 e. The molecule has 1 N–H and O–H groups in total. The Morgan fingerprint density at radius 2 is 2.00 bits per heavy atom. The van der Waals surface area contributed by atoms with Gasteiger partial charge in [-0.05, 0) is 45.0 Å². The van der Waals surface area contributed by atoms with E-state index in [2.05, 4.69) is 15.2 Å². The molecule has 0 aliphatic carbocycles. The number of ether oxygens (including phenoxy) is 2. The second kappa shape index (κ2) is 7.37. The molecule has 1 aromatic carbocycles. The topological polar surface area (TPSA) is 63.7 Å². The molecule has 1 atom stereocenters. The number of anilines is 1. The van der Waals surface area contributed by atoms with Crippen LogP contribution < -0.4 is 5.32 Å². The number of likely N-dealkylation sites (tertiary alicyclic amines) is 1. The molecular weight excluding hydrogens is 338 g/mol. The van der Waals surface area contributed by atoms with E-state index in [-0.39, 0.29) is 18.2 Å². The van der Waals surface area contributed by atoms with E-state index in [1.54, 1.807) is 0 Å². The van der Waals surface area contributed by atoms with Crippen molar-refractivity contribution >= 4 is 32.6 Å². The molecule has 1 amide bonds. The van der Waals surface area contributed by atoms with E-state index in [0.29, 0.717) is 24.3 Å². The highest BCUT2D eigenvalue weighted by molar-refractivity contribution is 7.22. The second-order valence-corrected chi connectivity index (χ2v) is 7.67. The van der Waals surface area contributed by atoms with Crippen LogP contribution in [0.3, 0.4) is 0 Å². The largest absolute Gasteiger partial charge is 0.350 e. The third-order valence-electron chi connectivity index (χ3n) is 5.06. The van der Waals surface area contributed by atoms with Crippen molar-refractivity contribution in [1.29, 1.82) is 0 Å². The summed E-state index contributed by atoms with van der Waals surface area (Å²) in [5.41, 5.74) is 0.924. The predicted molar refractivity (Wildman–Crippen MR) is 97.7 cm³/mol. The lowest BCUT2D eigenvalue weighted by molar-refractivity contribution is -0.123. The van der Waals surface area contributed by atoms with E-state index in [9.17, 15) is 4.79 Å². The van der Waals surface area contributed by atoms with Crippen LogP contribution in [0.5, 0.6) is 0 Å². The number of para-hydroxylation sites is 1. The van der Waals surface area contributed by atoms with Crippen LogP contribution in [0, 0.1) is 5.92 Å².